The normalized spacial score (nSPS) is 18.6. The average molecular weight is 422 g/mol. The van der Waals surface area contributed by atoms with Crippen LogP contribution in [-0.2, 0) is 17.8 Å². The lowest BCUT2D eigenvalue weighted by Gasteiger charge is -2.28. The molecule has 0 bridgehead atoms. The van der Waals surface area contributed by atoms with Gasteiger partial charge in [0.1, 0.15) is 26.2 Å². The highest BCUT2D eigenvalue weighted by atomic mass is 16.4. The molecule has 0 atom stereocenters. The molecule has 7 heteroatoms. The molecule has 31 heavy (non-hydrogen) atoms. The van der Waals surface area contributed by atoms with Crippen LogP contribution in [0.2, 0.25) is 0 Å². The Hall–Kier alpha value is -3.03. The number of carbonyl (C=O) groups is 1. The number of piperazine rings is 1. The number of carbonyl (C=O) groups excluding carboxylic acids is 1. The van der Waals surface area contributed by atoms with Gasteiger partial charge in [0.2, 0.25) is 5.89 Å². The Morgan fingerprint density at radius 3 is 2.58 bits per heavy atom. The number of nitrogens with one attached hydrogen (secondary N) is 3. The molecule has 1 aliphatic heterocycles. The van der Waals surface area contributed by atoms with Crippen LogP contribution < -0.4 is 15.1 Å². The number of quaternary nitrogens is 2. The molecule has 3 N–H and O–H groups in total. The number of rotatable bonds is 7. The lowest BCUT2D eigenvalue weighted by Crippen LogP contribution is -3.28. The van der Waals surface area contributed by atoms with Crippen LogP contribution in [0.5, 0.6) is 0 Å². The first-order valence-corrected chi connectivity index (χ1v) is 11.0. The number of nitrogens with zero attached hydrogens (tertiary/aromatic N) is 2. The largest absolute Gasteiger partial charge is 0.415 e. The fourth-order valence-electron chi connectivity index (χ4n) is 4.12. The Morgan fingerprint density at radius 1 is 1.03 bits per heavy atom. The predicted octanol–water partition coefficient (Wildman–Crippen LogP) is 0.530. The zero-order chi connectivity index (χ0) is 21.6. The average Bonchev–Trinajstić information content (AvgIpc) is 3.24. The topological polar surface area (TPSA) is 76.9 Å². The van der Waals surface area contributed by atoms with Crippen LogP contribution in [-0.4, -0.2) is 48.8 Å². The number of hydrogen-bond acceptors (Lipinski definition) is 4. The van der Waals surface area contributed by atoms with Crippen LogP contribution in [0.4, 0.5) is 5.69 Å². The number of para-hydroxylation sites is 1. The van der Waals surface area contributed by atoms with Crippen LogP contribution in [0, 0.1) is 6.92 Å². The van der Waals surface area contributed by atoms with E-state index in [1.807, 2.05) is 30.3 Å². The standard InChI is InChI=1S/C24H29N5O2/c1-3-19-8-4-5-10-21(19)25-22(30)16-28-11-13-29(14-12-28)17-23-26-27-24(31-23)20-9-6-7-18(2)15-20/h4-10,15H,3,11-14,16-17H2,1-2H3,(H,25,30)/p+2. The highest BCUT2D eigenvalue weighted by Crippen LogP contribution is 2.18. The van der Waals surface area contributed by atoms with E-state index in [-0.39, 0.29) is 5.91 Å². The molecule has 0 saturated carbocycles. The molecule has 1 amide bonds. The van der Waals surface area contributed by atoms with Gasteiger partial charge >= 0.3 is 0 Å². The molecule has 0 aliphatic carbocycles. The molecule has 1 saturated heterocycles. The predicted molar refractivity (Wildman–Crippen MR) is 119 cm³/mol. The van der Waals surface area contributed by atoms with E-state index in [1.54, 1.807) is 0 Å². The van der Waals surface area contributed by atoms with Gasteiger partial charge in [-0.15, -0.1) is 10.2 Å². The van der Waals surface area contributed by atoms with Gasteiger partial charge in [-0.05, 0) is 37.1 Å². The number of anilines is 1. The van der Waals surface area contributed by atoms with Gasteiger partial charge < -0.3 is 19.5 Å². The van der Waals surface area contributed by atoms with E-state index < -0.39 is 0 Å². The Bertz CT molecular complexity index is 1020. The SMILES string of the molecule is CCc1ccccc1NC(=O)C[NH+]1CC[NH+](Cc2nnc(-c3cccc(C)c3)o2)CC1. The summed E-state index contributed by atoms with van der Waals surface area (Å²) in [5.74, 6) is 1.33. The second-order valence-electron chi connectivity index (χ2n) is 8.28. The van der Waals surface area contributed by atoms with Crippen molar-refractivity contribution in [2.24, 2.45) is 0 Å². The number of hydrogen-bond donors (Lipinski definition) is 3. The van der Waals surface area contributed by atoms with Crippen molar-refractivity contribution in [3.8, 4) is 11.5 Å². The molecule has 3 aromatic rings. The maximum Gasteiger partial charge on any atom is 0.279 e. The summed E-state index contributed by atoms with van der Waals surface area (Å²) in [6.07, 6.45) is 0.909. The van der Waals surface area contributed by atoms with Crippen molar-refractivity contribution >= 4 is 11.6 Å². The zero-order valence-electron chi connectivity index (χ0n) is 18.3. The number of benzene rings is 2. The number of aromatic nitrogens is 2. The lowest BCUT2D eigenvalue weighted by molar-refractivity contribution is -1.02. The second-order valence-corrected chi connectivity index (χ2v) is 8.28. The summed E-state index contributed by atoms with van der Waals surface area (Å²) in [7, 11) is 0. The van der Waals surface area contributed by atoms with E-state index >= 15 is 0 Å². The summed E-state index contributed by atoms with van der Waals surface area (Å²) in [5, 5.41) is 11.5. The highest BCUT2D eigenvalue weighted by molar-refractivity contribution is 5.92. The van der Waals surface area contributed by atoms with Crippen LogP contribution >= 0.6 is 0 Å². The molecule has 0 spiro atoms. The van der Waals surface area contributed by atoms with Gasteiger partial charge in [0, 0.05) is 11.3 Å². The van der Waals surface area contributed by atoms with Crippen molar-refractivity contribution in [2.75, 3.05) is 38.0 Å². The smallest absolute Gasteiger partial charge is 0.279 e. The first kappa shape index (κ1) is 21.2. The monoisotopic (exact) mass is 421 g/mol. The summed E-state index contributed by atoms with van der Waals surface area (Å²) in [6.45, 7) is 9.26. The van der Waals surface area contributed by atoms with Gasteiger partial charge in [-0.25, -0.2) is 0 Å². The minimum absolute atomic E-state index is 0.0825. The Morgan fingerprint density at radius 2 is 1.81 bits per heavy atom. The Kier molecular flexibility index (Phi) is 6.74. The highest BCUT2D eigenvalue weighted by Gasteiger charge is 2.26. The minimum Gasteiger partial charge on any atom is -0.415 e. The van der Waals surface area contributed by atoms with Crippen LogP contribution in [0.15, 0.2) is 52.9 Å². The molecule has 1 fully saturated rings. The molecule has 0 unspecified atom stereocenters. The maximum atomic E-state index is 12.5. The molecule has 0 radical (unpaired) electrons. The molecular weight excluding hydrogens is 390 g/mol. The van der Waals surface area contributed by atoms with Crippen molar-refractivity contribution in [2.45, 2.75) is 26.8 Å². The first-order chi connectivity index (χ1) is 15.1. The first-order valence-electron chi connectivity index (χ1n) is 11.0. The van der Waals surface area contributed by atoms with Crippen LogP contribution in [0.3, 0.4) is 0 Å². The summed E-state index contributed by atoms with van der Waals surface area (Å²) >= 11 is 0. The van der Waals surface area contributed by atoms with Gasteiger partial charge in [0.05, 0.1) is 0 Å². The molecule has 1 aromatic heterocycles. The van der Waals surface area contributed by atoms with Crippen molar-refractivity contribution in [3.63, 3.8) is 0 Å². The van der Waals surface area contributed by atoms with Crippen molar-refractivity contribution in [3.05, 3.63) is 65.5 Å². The van der Waals surface area contributed by atoms with Gasteiger partial charge in [0.15, 0.2) is 13.1 Å². The van der Waals surface area contributed by atoms with Gasteiger partial charge in [-0.2, -0.15) is 0 Å². The molecule has 7 nitrogen and oxygen atoms in total. The lowest BCUT2D eigenvalue weighted by atomic mass is 10.1. The Labute approximate surface area is 183 Å². The number of amides is 1. The Balaban J connectivity index is 1.25. The van der Waals surface area contributed by atoms with Gasteiger partial charge in [-0.3, -0.25) is 4.79 Å². The minimum atomic E-state index is 0.0825. The van der Waals surface area contributed by atoms with Crippen molar-refractivity contribution in [1.82, 2.24) is 10.2 Å². The van der Waals surface area contributed by atoms with E-state index in [9.17, 15) is 4.79 Å². The zero-order valence-corrected chi connectivity index (χ0v) is 18.3. The van der Waals surface area contributed by atoms with E-state index in [0.29, 0.717) is 18.3 Å². The summed E-state index contributed by atoms with van der Waals surface area (Å²) < 4.78 is 5.89. The number of aryl methyl sites for hydroxylation is 2. The fourth-order valence-corrected chi connectivity index (χ4v) is 4.12. The van der Waals surface area contributed by atoms with Crippen molar-refractivity contribution in [1.29, 1.82) is 0 Å². The van der Waals surface area contributed by atoms with Gasteiger partial charge in [0.25, 0.3) is 11.8 Å². The van der Waals surface area contributed by atoms with Crippen molar-refractivity contribution < 1.29 is 19.0 Å². The quantitative estimate of drug-likeness (QED) is 0.520. The van der Waals surface area contributed by atoms with Crippen LogP contribution in [0.1, 0.15) is 23.9 Å². The maximum absolute atomic E-state index is 12.5. The van der Waals surface area contributed by atoms with E-state index in [2.05, 4.69) is 47.6 Å². The van der Waals surface area contributed by atoms with E-state index in [4.69, 9.17) is 4.42 Å². The summed E-state index contributed by atoms with van der Waals surface area (Å²) in [4.78, 5) is 15.2. The van der Waals surface area contributed by atoms with Crippen LogP contribution in [0.25, 0.3) is 11.5 Å². The third-order valence-corrected chi connectivity index (χ3v) is 5.88. The molecular formula is C24H31N5O2+2. The third-order valence-electron chi connectivity index (χ3n) is 5.88. The van der Waals surface area contributed by atoms with Gasteiger partial charge in [-0.1, -0.05) is 42.8 Å². The second kappa shape index (κ2) is 9.85. The third kappa shape index (κ3) is 5.57. The molecule has 162 valence electrons. The molecule has 2 aromatic carbocycles. The van der Waals surface area contributed by atoms with E-state index in [0.717, 1.165) is 50.4 Å². The van der Waals surface area contributed by atoms with E-state index in [1.165, 1.54) is 20.9 Å². The molecule has 4 rings (SSSR count). The molecule has 1 aliphatic rings. The fraction of sp³-hybridized carbons (Fsp3) is 0.375. The summed E-state index contributed by atoms with van der Waals surface area (Å²) in [5.41, 5.74) is 4.23. The summed E-state index contributed by atoms with van der Waals surface area (Å²) in [6, 6.07) is 16.1. The molecule has 2 heterocycles.